The fraction of sp³-hybridized carbons (Fsp3) is 0.600. The molecule has 2 N–H and O–H groups in total. The molecule has 0 amide bonds. The molecule has 106 valence electrons. The number of hydrogen-bond acceptors (Lipinski definition) is 3. The fourth-order valence-electron chi connectivity index (χ4n) is 2.80. The van der Waals surface area contributed by atoms with Crippen molar-refractivity contribution in [3.8, 4) is 0 Å². The predicted octanol–water partition coefficient (Wildman–Crippen LogP) is 1.81. The highest BCUT2D eigenvalue weighted by Crippen LogP contribution is 2.17. The maximum Gasteiger partial charge on any atom is 0.127 e. The number of piperidine rings is 1. The number of likely N-dealkylation sites (tertiary alicyclic amines) is 1. The van der Waals surface area contributed by atoms with Crippen LogP contribution in [0.3, 0.4) is 0 Å². The van der Waals surface area contributed by atoms with E-state index >= 15 is 0 Å². The minimum Gasteiger partial charge on any atom is -0.326 e. The van der Waals surface area contributed by atoms with Crippen LogP contribution in [0.2, 0.25) is 0 Å². The zero-order valence-corrected chi connectivity index (χ0v) is 11.9. The van der Waals surface area contributed by atoms with E-state index in [0.29, 0.717) is 11.6 Å². The molecule has 0 aromatic heterocycles. The summed E-state index contributed by atoms with van der Waals surface area (Å²) in [7, 11) is 4.32. The summed E-state index contributed by atoms with van der Waals surface area (Å²) in [6, 6.07) is 5.86. The van der Waals surface area contributed by atoms with E-state index < -0.39 is 0 Å². The zero-order valence-electron chi connectivity index (χ0n) is 11.9. The van der Waals surface area contributed by atoms with Gasteiger partial charge in [0.05, 0.1) is 0 Å². The van der Waals surface area contributed by atoms with Crippen molar-refractivity contribution in [2.45, 2.75) is 32.0 Å². The first-order valence-corrected chi connectivity index (χ1v) is 6.96. The number of hydrogen-bond donors (Lipinski definition) is 1. The van der Waals surface area contributed by atoms with Gasteiger partial charge in [0.25, 0.3) is 0 Å². The summed E-state index contributed by atoms with van der Waals surface area (Å²) >= 11 is 0. The van der Waals surface area contributed by atoms with Gasteiger partial charge in [0.1, 0.15) is 5.82 Å². The van der Waals surface area contributed by atoms with Crippen LogP contribution >= 0.6 is 0 Å². The monoisotopic (exact) mass is 265 g/mol. The number of rotatable bonds is 4. The first-order valence-electron chi connectivity index (χ1n) is 6.96. The Morgan fingerprint density at radius 1 is 1.47 bits per heavy atom. The van der Waals surface area contributed by atoms with Crippen LogP contribution in [-0.2, 0) is 13.1 Å². The molecule has 1 fully saturated rings. The van der Waals surface area contributed by atoms with Crippen LogP contribution in [0.15, 0.2) is 18.2 Å². The van der Waals surface area contributed by atoms with Crippen molar-refractivity contribution in [2.75, 3.05) is 27.2 Å². The molecule has 3 nitrogen and oxygen atoms in total. The van der Waals surface area contributed by atoms with Crippen molar-refractivity contribution in [1.29, 1.82) is 0 Å². The second kappa shape index (κ2) is 6.46. The SMILES string of the molecule is CN1CCCC(N(C)Cc2ccc(F)c(CN)c2)C1. The summed E-state index contributed by atoms with van der Waals surface area (Å²) in [5, 5.41) is 0. The number of likely N-dealkylation sites (N-methyl/N-ethyl adjacent to an activating group) is 2. The molecule has 0 bridgehead atoms. The Morgan fingerprint density at radius 2 is 2.26 bits per heavy atom. The minimum absolute atomic E-state index is 0.202. The van der Waals surface area contributed by atoms with Crippen LogP contribution in [0.5, 0.6) is 0 Å². The fourth-order valence-corrected chi connectivity index (χ4v) is 2.80. The van der Waals surface area contributed by atoms with Crippen molar-refractivity contribution in [3.63, 3.8) is 0 Å². The quantitative estimate of drug-likeness (QED) is 0.901. The van der Waals surface area contributed by atoms with E-state index in [1.807, 2.05) is 12.1 Å². The van der Waals surface area contributed by atoms with Crippen molar-refractivity contribution in [1.82, 2.24) is 9.80 Å². The van der Waals surface area contributed by atoms with Gasteiger partial charge in [0, 0.05) is 31.2 Å². The predicted molar refractivity (Wildman–Crippen MR) is 76.3 cm³/mol. The van der Waals surface area contributed by atoms with Gasteiger partial charge in [-0.1, -0.05) is 12.1 Å². The van der Waals surface area contributed by atoms with Gasteiger partial charge in [0.2, 0.25) is 0 Å². The molecule has 2 rings (SSSR count). The van der Waals surface area contributed by atoms with E-state index in [0.717, 1.165) is 18.7 Å². The Kier molecular flexibility index (Phi) is 4.91. The molecule has 19 heavy (non-hydrogen) atoms. The van der Waals surface area contributed by atoms with Crippen LogP contribution in [-0.4, -0.2) is 43.0 Å². The average Bonchev–Trinajstić information content (AvgIpc) is 2.41. The number of halogens is 1. The maximum atomic E-state index is 13.4. The molecule has 1 aromatic carbocycles. The molecule has 1 aliphatic rings. The second-order valence-corrected chi connectivity index (χ2v) is 5.60. The van der Waals surface area contributed by atoms with E-state index in [4.69, 9.17) is 5.73 Å². The zero-order chi connectivity index (χ0) is 13.8. The summed E-state index contributed by atoms with van der Waals surface area (Å²) in [6.45, 7) is 3.42. The standard InChI is InChI=1S/C15H24FN3/c1-18-7-3-4-14(11-18)19(2)10-12-5-6-15(16)13(8-12)9-17/h5-6,8,14H,3-4,7,9-11,17H2,1-2H3. The second-order valence-electron chi connectivity index (χ2n) is 5.60. The Labute approximate surface area is 115 Å². The van der Waals surface area contributed by atoms with Gasteiger partial charge < -0.3 is 10.6 Å². The highest BCUT2D eigenvalue weighted by atomic mass is 19.1. The summed E-state index contributed by atoms with van der Waals surface area (Å²) in [5.41, 5.74) is 7.29. The average molecular weight is 265 g/mol. The minimum atomic E-state index is -0.202. The largest absolute Gasteiger partial charge is 0.326 e. The molecule has 4 heteroatoms. The van der Waals surface area contributed by atoms with E-state index in [2.05, 4.69) is 23.9 Å². The molecule has 1 saturated heterocycles. The van der Waals surface area contributed by atoms with Crippen LogP contribution in [0.25, 0.3) is 0 Å². The number of nitrogens with zero attached hydrogens (tertiary/aromatic N) is 2. The first kappa shape index (κ1) is 14.4. The molecule has 1 unspecified atom stereocenters. The third-order valence-corrected chi connectivity index (χ3v) is 3.98. The maximum absolute atomic E-state index is 13.4. The Bertz CT molecular complexity index is 422. The van der Waals surface area contributed by atoms with Gasteiger partial charge in [-0.05, 0) is 45.1 Å². The molecule has 1 atom stereocenters. The van der Waals surface area contributed by atoms with E-state index in [1.54, 1.807) is 0 Å². The first-order chi connectivity index (χ1) is 9.10. The Hall–Kier alpha value is -0.970. The molecule has 0 spiro atoms. The van der Waals surface area contributed by atoms with Gasteiger partial charge >= 0.3 is 0 Å². The van der Waals surface area contributed by atoms with Gasteiger partial charge in [-0.15, -0.1) is 0 Å². The normalized spacial score (nSPS) is 21.0. The highest BCUT2D eigenvalue weighted by molar-refractivity contribution is 5.25. The van der Waals surface area contributed by atoms with E-state index in [1.165, 1.54) is 25.5 Å². The molecule has 0 saturated carbocycles. The molecular formula is C15H24FN3. The molecule has 1 aromatic rings. The highest BCUT2D eigenvalue weighted by Gasteiger charge is 2.21. The lowest BCUT2D eigenvalue weighted by Crippen LogP contribution is -2.44. The summed E-state index contributed by atoms with van der Waals surface area (Å²) in [5.74, 6) is -0.202. The van der Waals surface area contributed by atoms with Crippen molar-refractivity contribution in [3.05, 3.63) is 35.1 Å². The molecular weight excluding hydrogens is 241 g/mol. The van der Waals surface area contributed by atoms with Gasteiger partial charge in [0.15, 0.2) is 0 Å². The summed E-state index contributed by atoms with van der Waals surface area (Å²) in [6.07, 6.45) is 2.49. The third kappa shape index (κ3) is 3.75. The molecule has 0 aliphatic carbocycles. The van der Waals surface area contributed by atoms with Crippen molar-refractivity contribution in [2.24, 2.45) is 5.73 Å². The Morgan fingerprint density at radius 3 is 2.95 bits per heavy atom. The van der Waals surface area contributed by atoms with Crippen LogP contribution in [0.1, 0.15) is 24.0 Å². The number of benzene rings is 1. The van der Waals surface area contributed by atoms with Crippen molar-refractivity contribution < 1.29 is 4.39 Å². The Balaban J connectivity index is 1.99. The molecule has 1 aliphatic heterocycles. The van der Waals surface area contributed by atoms with Gasteiger partial charge in [-0.2, -0.15) is 0 Å². The van der Waals surface area contributed by atoms with E-state index in [-0.39, 0.29) is 12.4 Å². The molecule has 1 heterocycles. The van der Waals surface area contributed by atoms with Gasteiger partial charge in [-0.25, -0.2) is 4.39 Å². The molecule has 0 radical (unpaired) electrons. The smallest absolute Gasteiger partial charge is 0.127 e. The van der Waals surface area contributed by atoms with Crippen LogP contribution in [0, 0.1) is 5.82 Å². The van der Waals surface area contributed by atoms with E-state index in [9.17, 15) is 4.39 Å². The van der Waals surface area contributed by atoms with Crippen LogP contribution < -0.4 is 5.73 Å². The summed E-state index contributed by atoms with van der Waals surface area (Å²) in [4.78, 5) is 4.74. The van der Waals surface area contributed by atoms with Gasteiger partial charge in [-0.3, -0.25) is 4.90 Å². The topological polar surface area (TPSA) is 32.5 Å². The lowest BCUT2D eigenvalue weighted by molar-refractivity contribution is 0.129. The van der Waals surface area contributed by atoms with Crippen molar-refractivity contribution >= 4 is 0 Å². The third-order valence-electron chi connectivity index (χ3n) is 3.98. The van der Waals surface area contributed by atoms with Crippen LogP contribution in [0.4, 0.5) is 4.39 Å². The lowest BCUT2D eigenvalue weighted by atomic mass is 10.0. The lowest BCUT2D eigenvalue weighted by Gasteiger charge is -2.36. The summed E-state index contributed by atoms with van der Waals surface area (Å²) < 4.78 is 13.4. The number of nitrogens with two attached hydrogens (primary N) is 1.